The van der Waals surface area contributed by atoms with E-state index in [9.17, 15) is 19.2 Å². The van der Waals surface area contributed by atoms with Crippen LogP contribution in [0.3, 0.4) is 0 Å². The van der Waals surface area contributed by atoms with Crippen molar-refractivity contribution in [3.05, 3.63) is 179 Å². The molecule has 4 amide bonds. The van der Waals surface area contributed by atoms with Crippen molar-refractivity contribution in [3.63, 3.8) is 0 Å². The predicted octanol–water partition coefficient (Wildman–Crippen LogP) is 6.14. The fourth-order valence-corrected chi connectivity index (χ4v) is 6.50. The van der Waals surface area contributed by atoms with Gasteiger partial charge in [0.1, 0.15) is 0 Å². The first-order valence-corrected chi connectivity index (χ1v) is 19.4. The van der Waals surface area contributed by atoms with Gasteiger partial charge in [0, 0.05) is 76.3 Å². The molecule has 0 heterocycles. The van der Waals surface area contributed by atoms with E-state index < -0.39 is 0 Å². The molecule has 5 rings (SSSR count). The summed E-state index contributed by atoms with van der Waals surface area (Å²) in [6.45, 7) is 3.90. The number of carbonyl (C=O) groups is 4. The molecule has 0 bridgehead atoms. The van der Waals surface area contributed by atoms with Gasteiger partial charge in [-0.1, -0.05) is 151 Å². The van der Waals surface area contributed by atoms with E-state index in [4.69, 9.17) is 0 Å². The molecule has 0 radical (unpaired) electrons. The standard InChI is InChI=1S/C47H53N5O4/c1-35-22-24-36(25-23-35)30-48-41(31-49-44(53)26-28-46(55)51-33-42(37-14-6-2-7-15-37)38-16-8-3-9-17-38)32-50-45(54)27-29-47(56)52-34-43(39-18-10-4-11-19-39)40-20-12-5-13-21-40/h2-25,41-43,48H,26-34H2,1H3,(H,49,53)(H,50,54)(H,51,55)(H,52,56). The number of nitrogens with one attached hydrogen (secondary N) is 5. The molecule has 5 aromatic carbocycles. The summed E-state index contributed by atoms with van der Waals surface area (Å²) >= 11 is 0. The van der Waals surface area contributed by atoms with Crippen LogP contribution >= 0.6 is 0 Å². The maximum absolute atomic E-state index is 12.9. The van der Waals surface area contributed by atoms with Crippen molar-refractivity contribution in [2.75, 3.05) is 26.2 Å². The fraction of sp³-hybridized carbons (Fsp3) is 0.277. The number of carbonyl (C=O) groups excluding carboxylic acids is 4. The predicted molar refractivity (Wildman–Crippen MR) is 222 cm³/mol. The second kappa shape index (κ2) is 22.4. The lowest BCUT2D eigenvalue weighted by Crippen LogP contribution is -2.47. The van der Waals surface area contributed by atoms with E-state index in [1.165, 1.54) is 0 Å². The first-order chi connectivity index (χ1) is 27.3. The van der Waals surface area contributed by atoms with Gasteiger partial charge >= 0.3 is 0 Å². The van der Waals surface area contributed by atoms with E-state index in [1.807, 2.05) is 104 Å². The Balaban J connectivity index is 1.07. The Bertz CT molecular complexity index is 1740. The van der Waals surface area contributed by atoms with Crippen LogP contribution in [0.4, 0.5) is 0 Å². The molecule has 0 unspecified atom stereocenters. The third-order valence-corrected chi connectivity index (χ3v) is 9.78. The molecule has 0 spiro atoms. The number of benzene rings is 5. The van der Waals surface area contributed by atoms with Crippen LogP contribution in [0.15, 0.2) is 146 Å². The molecule has 0 saturated carbocycles. The van der Waals surface area contributed by atoms with E-state index in [2.05, 4.69) is 75.1 Å². The van der Waals surface area contributed by atoms with Gasteiger partial charge in [0.05, 0.1) is 0 Å². The van der Waals surface area contributed by atoms with Crippen molar-refractivity contribution in [2.24, 2.45) is 0 Å². The van der Waals surface area contributed by atoms with Crippen LogP contribution in [0.25, 0.3) is 0 Å². The summed E-state index contributed by atoms with van der Waals surface area (Å²) in [7, 11) is 0. The molecule has 5 N–H and O–H groups in total. The Hall–Kier alpha value is -6.06. The highest BCUT2D eigenvalue weighted by atomic mass is 16.2. The second-order valence-electron chi connectivity index (χ2n) is 14.0. The average Bonchev–Trinajstić information content (AvgIpc) is 3.24. The molecule has 290 valence electrons. The molecular weight excluding hydrogens is 699 g/mol. The summed E-state index contributed by atoms with van der Waals surface area (Å²) in [5, 5.41) is 15.3. The highest BCUT2D eigenvalue weighted by molar-refractivity contribution is 5.84. The number of aryl methyl sites for hydroxylation is 1. The average molecular weight is 752 g/mol. The van der Waals surface area contributed by atoms with E-state index in [0.717, 1.165) is 33.4 Å². The molecule has 56 heavy (non-hydrogen) atoms. The molecule has 0 aliphatic rings. The summed E-state index contributed by atoms with van der Waals surface area (Å²) < 4.78 is 0. The first-order valence-electron chi connectivity index (χ1n) is 19.4. The zero-order valence-electron chi connectivity index (χ0n) is 32.1. The molecule has 0 fully saturated rings. The quantitative estimate of drug-likeness (QED) is 0.0616. The lowest BCUT2D eigenvalue weighted by Gasteiger charge is -2.21. The smallest absolute Gasteiger partial charge is 0.220 e. The normalized spacial score (nSPS) is 11.0. The summed E-state index contributed by atoms with van der Waals surface area (Å²) in [5.41, 5.74) is 6.64. The van der Waals surface area contributed by atoms with Gasteiger partial charge in [0.15, 0.2) is 0 Å². The van der Waals surface area contributed by atoms with Crippen molar-refractivity contribution < 1.29 is 19.2 Å². The zero-order valence-corrected chi connectivity index (χ0v) is 32.1. The molecule has 0 saturated heterocycles. The van der Waals surface area contributed by atoms with Gasteiger partial charge in [-0.2, -0.15) is 0 Å². The molecular formula is C47H53N5O4. The highest BCUT2D eigenvalue weighted by Gasteiger charge is 2.18. The van der Waals surface area contributed by atoms with Gasteiger partial charge in [-0.15, -0.1) is 0 Å². The van der Waals surface area contributed by atoms with Crippen molar-refractivity contribution in [3.8, 4) is 0 Å². The van der Waals surface area contributed by atoms with E-state index in [-0.39, 0.29) is 80.3 Å². The van der Waals surface area contributed by atoms with E-state index >= 15 is 0 Å². The monoisotopic (exact) mass is 751 g/mol. The van der Waals surface area contributed by atoms with Crippen molar-refractivity contribution in [2.45, 2.75) is 57.0 Å². The Labute approximate surface area is 330 Å². The largest absolute Gasteiger partial charge is 0.355 e. The third-order valence-electron chi connectivity index (χ3n) is 9.78. The summed E-state index contributed by atoms with van der Waals surface area (Å²) in [6.07, 6.45) is 0.184. The molecule has 0 aromatic heterocycles. The van der Waals surface area contributed by atoms with Gasteiger partial charge in [-0.05, 0) is 34.7 Å². The topological polar surface area (TPSA) is 128 Å². The first kappa shape index (κ1) is 41.1. The van der Waals surface area contributed by atoms with Crippen molar-refractivity contribution >= 4 is 23.6 Å². The third kappa shape index (κ3) is 14.0. The fourth-order valence-electron chi connectivity index (χ4n) is 6.50. The molecule has 5 aromatic rings. The SMILES string of the molecule is Cc1ccc(CNC(CNC(=O)CCC(=O)NCC(c2ccccc2)c2ccccc2)CNC(=O)CCC(=O)NCC(c2ccccc2)c2ccccc2)cc1. The Morgan fingerprint density at radius 2 is 0.714 bits per heavy atom. The van der Waals surface area contributed by atoms with Gasteiger partial charge in [0.2, 0.25) is 23.6 Å². The minimum absolute atomic E-state index is 0.00762. The van der Waals surface area contributed by atoms with Crippen LogP contribution < -0.4 is 26.6 Å². The molecule has 9 nitrogen and oxygen atoms in total. The van der Waals surface area contributed by atoms with Crippen LogP contribution in [0.1, 0.15) is 70.9 Å². The van der Waals surface area contributed by atoms with Crippen LogP contribution in [0.5, 0.6) is 0 Å². The van der Waals surface area contributed by atoms with Crippen LogP contribution in [0.2, 0.25) is 0 Å². The number of hydrogen-bond acceptors (Lipinski definition) is 5. The maximum Gasteiger partial charge on any atom is 0.220 e. The Morgan fingerprint density at radius 1 is 0.411 bits per heavy atom. The van der Waals surface area contributed by atoms with E-state index in [0.29, 0.717) is 19.6 Å². The molecule has 9 heteroatoms. The lowest BCUT2D eigenvalue weighted by molar-refractivity contribution is -0.126. The van der Waals surface area contributed by atoms with Gasteiger partial charge < -0.3 is 26.6 Å². The Kier molecular flexibility index (Phi) is 16.4. The zero-order chi connectivity index (χ0) is 39.4. The maximum atomic E-state index is 12.9. The molecule has 0 atom stereocenters. The second-order valence-corrected chi connectivity index (χ2v) is 14.0. The number of hydrogen-bond donors (Lipinski definition) is 5. The van der Waals surface area contributed by atoms with Crippen molar-refractivity contribution in [1.29, 1.82) is 0 Å². The lowest BCUT2D eigenvalue weighted by atomic mass is 9.91. The van der Waals surface area contributed by atoms with Crippen LogP contribution in [-0.4, -0.2) is 55.8 Å². The van der Waals surface area contributed by atoms with Gasteiger partial charge in [-0.25, -0.2) is 0 Å². The Morgan fingerprint density at radius 3 is 1.04 bits per heavy atom. The molecule has 0 aliphatic heterocycles. The summed E-state index contributed by atoms with van der Waals surface area (Å²) in [5.74, 6) is -0.913. The van der Waals surface area contributed by atoms with E-state index in [1.54, 1.807) is 0 Å². The summed E-state index contributed by atoms with van der Waals surface area (Å²) in [6, 6.07) is 48.0. The summed E-state index contributed by atoms with van der Waals surface area (Å²) in [4.78, 5) is 51.5. The van der Waals surface area contributed by atoms with Gasteiger partial charge in [0.25, 0.3) is 0 Å². The molecule has 0 aliphatic carbocycles. The highest BCUT2D eigenvalue weighted by Crippen LogP contribution is 2.25. The van der Waals surface area contributed by atoms with Crippen molar-refractivity contribution in [1.82, 2.24) is 26.6 Å². The van der Waals surface area contributed by atoms with Gasteiger partial charge in [-0.3, -0.25) is 19.2 Å². The minimum atomic E-state index is -0.290. The number of amides is 4. The minimum Gasteiger partial charge on any atom is -0.355 e. The number of rotatable bonds is 21. The van der Waals surface area contributed by atoms with Crippen LogP contribution in [0, 0.1) is 6.92 Å². The van der Waals surface area contributed by atoms with Crippen LogP contribution in [-0.2, 0) is 25.7 Å².